The fraction of sp³-hybridized carbons (Fsp3) is 0.458. The molecule has 3 aromatic rings. The molecule has 16 heteroatoms. The highest BCUT2D eigenvalue weighted by Crippen LogP contribution is 2.34. The van der Waals surface area contributed by atoms with Gasteiger partial charge in [-0.05, 0) is 30.6 Å². The summed E-state index contributed by atoms with van der Waals surface area (Å²) < 4.78 is 54.1. The number of nitrogens with zero attached hydrogens (tertiary/aromatic N) is 5. The quantitative estimate of drug-likeness (QED) is 0.400. The molecule has 0 spiro atoms. The third-order valence-electron chi connectivity index (χ3n) is 7.12. The topological polar surface area (TPSA) is 128 Å². The Bertz CT molecular complexity index is 1700. The molecule has 40 heavy (non-hydrogen) atoms. The number of piperazine rings is 1. The first-order valence-corrected chi connectivity index (χ1v) is 17.7. The lowest BCUT2D eigenvalue weighted by Gasteiger charge is -2.40. The number of likely N-dealkylation sites (N-methyl/N-ethyl adjacent to an activating group) is 1. The zero-order valence-corrected chi connectivity index (χ0v) is 26.1. The molecule has 2 amide bonds. The molecule has 1 saturated heterocycles. The molecule has 4 heterocycles. The van der Waals surface area contributed by atoms with Crippen molar-refractivity contribution in [3.05, 3.63) is 44.9 Å². The molecule has 11 nitrogen and oxygen atoms in total. The lowest BCUT2D eigenvalue weighted by Crippen LogP contribution is -2.57. The lowest BCUT2D eigenvalue weighted by molar-refractivity contribution is -0.127. The summed E-state index contributed by atoms with van der Waals surface area (Å²) in [6, 6.07) is 5.83. The maximum atomic E-state index is 13.7. The van der Waals surface area contributed by atoms with Gasteiger partial charge < -0.3 is 9.80 Å². The minimum absolute atomic E-state index is 0.0174. The van der Waals surface area contributed by atoms with Crippen molar-refractivity contribution in [2.45, 2.75) is 29.6 Å². The number of thiazole rings is 1. The number of aromatic nitrogens is 1. The van der Waals surface area contributed by atoms with E-state index in [-0.39, 0.29) is 35.3 Å². The molecule has 5 rings (SSSR count). The van der Waals surface area contributed by atoms with Gasteiger partial charge in [-0.2, -0.15) is 4.31 Å². The molecule has 2 aromatic heterocycles. The third kappa shape index (κ3) is 5.78. The SMILES string of the molecule is CN1CCc2nc(C(=O)N3CCN(S(=O)(=O)c4cc5ccc(Cl)cc5s4)CC3CC(=O)N(C)S(C)(=O)=O)sc2C1. The minimum Gasteiger partial charge on any atom is -0.330 e. The number of amides is 2. The molecule has 2 aliphatic heterocycles. The highest BCUT2D eigenvalue weighted by atomic mass is 35.5. The van der Waals surface area contributed by atoms with Crippen molar-refractivity contribution in [1.82, 2.24) is 23.4 Å². The maximum Gasteiger partial charge on any atom is 0.283 e. The van der Waals surface area contributed by atoms with Crippen LogP contribution < -0.4 is 0 Å². The Morgan fingerprint density at radius 3 is 2.60 bits per heavy atom. The number of halogens is 1. The van der Waals surface area contributed by atoms with Gasteiger partial charge in [0.1, 0.15) is 4.21 Å². The van der Waals surface area contributed by atoms with Crippen LogP contribution in [0.2, 0.25) is 5.02 Å². The number of hydrogen-bond donors (Lipinski definition) is 0. The Balaban J connectivity index is 1.44. The summed E-state index contributed by atoms with van der Waals surface area (Å²) in [6.45, 7) is 1.40. The molecule has 0 aliphatic carbocycles. The van der Waals surface area contributed by atoms with Gasteiger partial charge in [-0.1, -0.05) is 17.7 Å². The number of fused-ring (bicyclic) bond motifs is 2. The van der Waals surface area contributed by atoms with Crippen molar-refractivity contribution < 1.29 is 26.4 Å². The standard InChI is InChI=1S/C24H28ClN5O6S4/c1-27-7-6-18-20(14-27)38-23(26-18)24(32)30-9-8-29(13-17(30)12-21(31)28(2)39(3,33)34)40(35,36)22-10-15-4-5-16(25)11-19(15)37-22/h4-5,10-11,17H,6-9,12-14H2,1-3H3. The highest BCUT2D eigenvalue weighted by Gasteiger charge is 2.40. The largest absolute Gasteiger partial charge is 0.330 e. The first-order chi connectivity index (χ1) is 18.7. The highest BCUT2D eigenvalue weighted by molar-refractivity contribution is 7.91. The molecule has 216 valence electrons. The van der Waals surface area contributed by atoms with Crippen molar-refractivity contribution >= 4 is 76.2 Å². The Kier molecular flexibility index (Phi) is 8.02. The fourth-order valence-electron chi connectivity index (χ4n) is 4.77. The first kappa shape index (κ1) is 29.4. The smallest absolute Gasteiger partial charge is 0.283 e. The second-order valence-corrected chi connectivity index (χ2v) is 16.8. The Morgan fingerprint density at radius 2 is 1.88 bits per heavy atom. The van der Waals surface area contributed by atoms with Gasteiger partial charge in [0.05, 0.1) is 18.0 Å². The zero-order chi connectivity index (χ0) is 29.0. The van der Waals surface area contributed by atoms with Crippen LogP contribution in [0, 0.1) is 0 Å². The number of sulfonamides is 2. The van der Waals surface area contributed by atoms with Crippen molar-refractivity contribution in [3.63, 3.8) is 0 Å². The summed E-state index contributed by atoms with van der Waals surface area (Å²) in [5.74, 6) is -1.13. The van der Waals surface area contributed by atoms with Gasteiger partial charge in [0.15, 0.2) is 5.01 Å². The molecule has 1 atom stereocenters. The van der Waals surface area contributed by atoms with E-state index in [1.54, 1.807) is 24.3 Å². The van der Waals surface area contributed by atoms with E-state index in [2.05, 4.69) is 9.88 Å². The normalized spacial score (nSPS) is 19.1. The van der Waals surface area contributed by atoms with E-state index in [9.17, 15) is 26.4 Å². The van der Waals surface area contributed by atoms with Crippen molar-refractivity contribution in [3.8, 4) is 0 Å². The van der Waals surface area contributed by atoms with E-state index in [1.807, 2.05) is 7.05 Å². The van der Waals surface area contributed by atoms with E-state index in [4.69, 9.17) is 11.6 Å². The molecule has 2 aliphatic rings. The molecular weight excluding hydrogens is 618 g/mol. The zero-order valence-electron chi connectivity index (χ0n) is 22.0. The van der Waals surface area contributed by atoms with E-state index in [0.717, 1.165) is 58.3 Å². The predicted octanol–water partition coefficient (Wildman–Crippen LogP) is 2.32. The molecule has 0 bridgehead atoms. The van der Waals surface area contributed by atoms with E-state index >= 15 is 0 Å². The van der Waals surface area contributed by atoms with Crippen LogP contribution in [0.15, 0.2) is 28.5 Å². The molecule has 0 N–H and O–H groups in total. The predicted molar refractivity (Wildman–Crippen MR) is 155 cm³/mol. The van der Waals surface area contributed by atoms with Crippen LogP contribution in [0.4, 0.5) is 0 Å². The van der Waals surface area contributed by atoms with E-state index in [1.165, 1.54) is 20.5 Å². The molecule has 0 saturated carbocycles. The van der Waals surface area contributed by atoms with Crippen LogP contribution in [-0.2, 0) is 37.8 Å². The summed E-state index contributed by atoms with van der Waals surface area (Å²) in [4.78, 5) is 35.8. The molecule has 1 unspecified atom stereocenters. The number of benzene rings is 1. The summed E-state index contributed by atoms with van der Waals surface area (Å²) in [7, 11) is -4.65. The number of rotatable bonds is 6. The number of carbonyl (C=O) groups excluding carboxylic acids is 2. The Hall–Kier alpha value is -2.14. The van der Waals surface area contributed by atoms with Gasteiger partial charge >= 0.3 is 0 Å². The van der Waals surface area contributed by atoms with Crippen LogP contribution in [0.1, 0.15) is 26.8 Å². The average Bonchev–Trinajstić information content (AvgIpc) is 3.51. The van der Waals surface area contributed by atoms with Crippen LogP contribution in [-0.4, -0.2) is 105 Å². The maximum absolute atomic E-state index is 13.7. The van der Waals surface area contributed by atoms with Gasteiger partial charge in [-0.25, -0.2) is 26.1 Å². The summed E-state index contributed by atoms with van der Waals surface area (Å²) >= 11 is 8.47. The summed E-state index contributed by atoms with van der Waals surface area (Å²) in [5, 5.41) is 1.52. The minimum atomic E-state index is -3.97. The van der Waals surface area contributed by atoms with Crippen LogP contribution in [0.3, 0.4) is 0 Å². The van der Waals surface area contributed by atoms with Gasteiger partial charge in [-0.3, -0.25) is 9.59 Å². The number of hydrogen-bond acceptors (Lipinski definition) is 10. The fourth-order valence-corrected chi connectivity index (χ4v) is 9.66. The lowest BCUT2D eigenvalue weighted by atomic mass is 10.1. The van der Waals surface area contributed by atoms with Crippen molar-refractivity contribution in [1.29, 1.82) is 0 Å². The van der Waals surface area contributed by atoms with Gasteiger partial charge in [0, 0.05) is 67.2 Å². The third-order valence-corrected chi connectivity index (χ3v) is 13.0. The summed E-state index contributed by atoms with van der Waals surface area (Å²) in [6.07, 6.45) is 1.27. The van der Waals surface area contributed by atoms with Crippen molar-refractivity contribution in [2.24, 2.45) is 0 Å². The van der Waals surface area contributed by atoms with Gasteiger partial charge in [0.2, 0.25) is 15.9 Å². The second-order valence-electron chi connectivity index (χ2n) is 9.97. The second kappa shape index (κ2) is 10.9. The monoisotopic (exact) mass is 645 g/mol. The van der Waals surface area contributed by atoms with E-state index in [0.29, 0.717) is 15.9 Å². The van der Waals surface area contributed by atoms with Crippen molar-refractivity contribution in [2.75, 3.05) is 46.5 Å². The van der Waals surface area contributed by atoms with Crippen LogP contribution >= 0.6 is 34.3 Å². The van der Waals surface area contributed by atoms with Gasteiger partial charge in [0.25, 0.3) is 15.9 Å². The Labute approximate surface area is 246 Å². The first-order valence-electron chi connectivity index (χ1n) is 12.4. The average molecular weight is 646 g/mol. The Morgan fingerprint density at radius 1 is 1.12 bits per heavy atom. The van der Waals surface area contributed by atoms with Crippen LogP contribution in [0.25, 0.3) is 10.1 Å². The number of thiophene rings is 1. The van der Waals surface area contributed by atoms with Gasteiger partial charge in [-0.15, -0.1) is 22.7 Å². The number of carbonyl (C=O) groups is 2. The molecule has 1 fully saturated rings. The molecule has 1 aromatic carbocycles. The molecular formula is C24H28ClN5O6S4. The van der Waals surface area contributed by atoms with E-state index < -0.39 is 37.9 Å². The van der Waals surface area contributed by atoms with Crippen LogP contribution in [0.5, 0.6) is 0 Å². The summed E-state index contributed by atoms with van der Waals surface area (Å²) in [5.41, 5.74) is 0.877. The molecule has 0 radical (unpaired) electrons.